The number of para-hydroxylation sites is 1. The van der Waals surface area contributed by atoms with Crippen LogP contribution in [-0.4, -0.2) is 11.5 Å². The summed E-state index contributed by atoms with van der Waals surface area (Å²) in [7, 11) is 0. The summed E-state index contributed by atoms with van der Waals surface area (Å²) < 4.78 is 0. The van der Waals surface area contributed by atoms with E-state index >= 15 is 0 Å². The van der Waals surface area contributed by atoms with Gasteiger partial charge in [-0.3, -0.25) is 4.98 Å². The van der Waals surface area contributed by atoms with Crippen LogP contribution < -0.4 is 5.01 Å². The van der Waals surface area contributed by atoms with Gasteiger partial charge in [-0.25, -0.2) is 5.01 Å². The second kappa shape index (κ2) is 4.33. The highest BCUT2D eigenvalue weighted by molar-refractivity contribution is 5.47. The Morgan fingerprint density at radius 2 is 1.82 bits per heavy atom. The Morgan fingerprint density at radius 3 is 2.59 bits per heavy atom. The van der Waals surface area contributed by atoms with Crippen LogP contribution >= 0.6 is 0 Å². The second-order valence-corrected chi connectivity index (χ2v) is 3.86. The number of aromatic nitrogens is 1. The normalized spacial score (nSPS) is 18.6. The van der Waals surface area contributed by atoms with Crippen molar-refractivity contribution in [1.29, 1.82) is 0 Å². The highest BCUT2D eigenvalue weighted by Gasteiger charge is 2.26. The predicted molar refractivity (Wildman–Crippen MR) is 65.6 cm³/mol. The minimum absolute atomic E-state index is 0.110. The Hall–Kier alpha value is -2.23. The molecule has 0 radical (unpaired) electrons. The molecule has 1 aliphatic heterocycles. The zero-order valence-corrected chi connectivity index (χ0v) is 9.27. The van der Waals surface area contributed by atoms with Crippen molar-refractivity contribution in [2.75, 3.05) is 11.6 Å². The fourth-order valence-corrected chi connectivity index (χ4v) is 1.93. The van der Waals surface area contributed by atoms with Gasteiger partial charge in [-0.2, -0.15) is 5.11 Å². The number of nitrogens with zero attached hydrogens (tertiary/aromatic N) is 4. The lowest BCUT2D eigenvalue weighted by Gasteiger charge is -2.20. The highest BCUT2D eigenvalue weighted by Crippen LogP contribution is 2.30. The van der Waals surface area contributed by atoms with E-state index in [0.29, 0.717) is 6.54 Å². The molecule has 3 rings (SSSR count). The van der Waals surface area contributed by atoms with Gasteiger partial charge in [0.15, 0.2) is 0 Å². The first-order chi connectivity index (χ1) is 8.45. The molecule has 0 bridgehead atoms. The van der Waals surface area contributed by atoms with Crippen LogP contribution in [0.5, 0.6) is 0 Å². The SMILES string of the molecule is c1ccc(N2N=NC[C@@H]2c2ccccn2)cc1. The largest absolute Gasteiger partial charge is 0.259 e. The van der Waals surface area contributed by atoms with Gasteiger partial charge in [0.05, 0.1) is 17.9 Å². The lowest BCUT2D eigenvalue weighted by Crippen LogP contribution is -2.21. The van der Waals surface area contributed by atoms with Gasteiger partial charge in [0.25, 0.3) is 0 Å². The van der Waals surface area contributed by atoms with Crippen molar-refractivity contribution in [3.05, 3.63) is 60.4 Å². The number of hydrogen-bond acceptors (Lipinski definition) is 4. The molecule has 1 aromatic heterocycles. The van der Waals surface area contributed by atoms with Crippen LogP contribution in [0, 0.1) is 0 Å². The van der Waals surface area contributed by atoms with Gasteiger partial charge in [0.1, 0.15) is 6.04 Å². The zero-order valence-electron chi connectivity index (χ0n) is 9.27. The molecule has 0 fully saturated rings. The molecule has 2 aromatic rings. The molecule has 84 valence electrons. The number of rotatable bonds is 2. The molecule has 17 heavy (non-hydrogen) atoms. The van der Waals surface area contributed by atoms with E-state index in [0.717, 1.165) is 11.4 Å². The quantitative estimate of drug-likeness (QED) is 0.786. The Balaban J connectivity index is 1.93. The molecule has 0 spiro atoms. The van der Waals surface area contributed by atoms with Crippen LogP contribution in [-0.2, 0) is 0 Å². The minimum Gasteiger partial charge on any atom is -0.259 e. The maximum absolute atomic E-state index is 4.37. The van der Waals surface area contributed by atoms with Gasteiger partial charge in [-0.1, -0.05) is 29.5 Å². The Bertz CT molecular complexity index is 509. The predicted octanol–water partition coefficient (Wildman–Crippen LogP) is 3.01. The van der Waals surface area contributed by atoms with Crippen molar-refractivity contribution < 1.29 is 0 Å². The second-order valence-electron chi connectivity index (χ2n) is 3.86. The molecule has 0 unspecified atom stereocenters. The molecule has 2 heterocycles. The lowest BCUT2D eigenvalue weighted by molar-refractivity contribution is 0.707. The topological polar surface area (TPSA) is 40.9 Å². The molecule has 1 atom stereocenters. The molecule has 0 N–H and O–H groups in total. The fourth-order valence-electron chi connectivity index (χ4n) is 1.93. The van der Waals surface area contributed by atoms with E-state index in [2.05, 4.69) is 15.3 Å². The maximum atomic E-state index is 4.37. The van der Waals surface area contributed by atoms with Crippen LogP contribution in [0.1, 0.15) is 11.7 Å². The molecule has 1 aromatic carbocycles. The summed E-state index contributed by atoms with van der Waals surface area (Å²) in [6.07, 6.45) is 1.80. The Morgan fingerprint density at radius 1 is 1.00 bits per heavy atom. The number of pyridine rings is 1. The minimum atomic E-state index is 0.110. The van der Waals surface area contributed by atoms with E-state index < -0.39 is 0 Å². The number of hydrogen-bond donors (Lipinski definition) is 0. The molecular formula is C13H12N4. The molecule has 1 aliphatic rings. The first-order valence-electron chi connectivity index (χ1n) is 5.58. The van der Waals surface area contributed by atoms with Crippen LogP contribution in [0.3, 0.4) is 0 Å². The van der Waals surface area contributed by atoms with Crippen molar-refractivity contribution in [2.24, 2.45) is 10.3 Å². The van der Waals surface area contributed by atoms with Crippen molar-refractivity contribution in [2.45, 2.75) is 6.04 Å². The van der Waals surface area contributed by atoms with E-state index in [1.54, 1.807) is 6.20 Å². The summed E-state index contributed by atoms with van der Waals surface area (Å²) in [4.78, 5) is 4.37. The van der Waals surface area contributed by atoms with E-state index in [4.69, 9.17) is 0 Å². The van der Waals surface area contributed by atoms with Crippen LogP contribution in [0.2, 0.25) is 0 Å². The standard InChI is InChI=1S/C13H12N4/c1-2-6-11(7-3-1)17-13(10-15-16-17)12-8-4-5-9-14-12/h1-9,13H,10H2/t13-/m1/s1. The number of anilines is 1. The van der Waals surface area contributed by atoms with Crippen molar-refractivity contribution >= 4 is 5.69 Å². The van der Waals surface area contributed by atoms with E-state index in [1.807, 2.05) is 53.5 Å². The van der Waals surface area contributed by atoms with Crippen molar-refractivity contribution in [1.82, 2.24) is 4.98 Å². The van der Waals surface area contributed by atoms with Gasteiger partial charge in [-0.15, -0.1) is 0 Å². The lowest BCUT2D eigenvalue weighted by atomic mass is 10.1. The van der Waals surface area contributed by atoms with Gasteiger partial charge >= 0.3 is 0 Å². The van der Waals surface area contributed by atoms with E-state index in [-0.39, 0.29) is 6.04 Å². The summed E-state index contributed by atoms with van der Waals surface area (Å²) in [5, 5.41) is 10.2. The third kappa shape index (κ3) is 1.89. The molecule has 0 saturated heterocycles. The monoisotopic (exact) mass is 224 g/mol. The molecular weight excluding hydrogens is 212 g/mol. The summed E-state index contributed by atoms with van der Waals surface area (Å²) in [6.45, 7) is 0.659. The van der Waals surface area contributed by atoms with E-state index in [1.165, 1.54) is 0 Å². The average Bonchev–Trinajstić information content (AvgIpc) is 2.90. The Kier molecular flexibility index (Phi) is 2.54. The Labute approximate surface area is 99.6 Å². The molecule has 0 aliphatic carbocycles. The summed E-state index contributed by atoms with van der Waals surface area (Å²) in [6, 6.07) is 16.1. The van der Waals surface area contributed by atoms with E-state index in [9.17, 15) is 0 Å². The van der Waals surface area contributed by atoms with Gasteiger partial charge in [0, 0.05) is 6.20 Å². The summed E-state index contributed by atoms with van der Waals surface area (Å²) in [5.74, 6) is 0. The van der Waals surface area contributed by atoms with Crippen LogP contribution in [0.25, 0.3) is 0 Å². The first-order valence-corrected chi connectivity index (χ1v) is 5.58. The number of benzene rings is 1. The third-order valence-electron chi connectivity index (χ3n) is 2.76. The van der Waals surface area contributed by atoms with Gasteiger partial charge < -0.3 is 0 Å². The average molecular weight is 224 g/mol. The van der Waals surface area contributed by atoms with Gasteiger partial charge in [0.2, 0.25) is 0 Å². The van der Waals surface area contributed by atoms with Gasteiger partial charge in [-0.05, 0) is 24.3 Å². The van der Waals surface area contributed by atoms with Crippen LogP contribution in [0.15, 0.2) is 65.1 Å². The van der Waals surface area contributed by atoms with Crippen molar-refractivity contribution in [3.63, 3.8) is 0 Å². The molecule has 0 saturated carbocycles. The van der Waals surface area contributed by atoms with Crippen LogP contribution in [0.4, 0.5) is 5.69 Å². The summed E-state index contributed by atoms with van der Waals surface area (Å²) in [5.41, 5.74) is 2.05. The molecule has 4 nitrogen and oxygen atoms in total. The fraction of sp³-hybridized carbons (Fsp3) is 0.154. The third-order valence-corrected chi connectivity index (χ3v) is 2.76. The maximum Gasteiger partial charge on any atom is 0.118 e. The summed E-state index contributed by atoms with van der Waals surface area (Å²) >= 11 is 0. The highest BCUT2D eigenvalue weighted by atomic mass is 15.6. The molecule has 4 heteroatoms. The van der Waals surface area contributed by atoms with Crippen molar-refractivity contribution in [3.8, 4) is 0 Å². The molecule has 0 amide bonds. The zero-order chi connectivity index (χ0) is 11.5. The smallest absolute Gasteiger partial charge is 0.118 e. The first kappa shape index (κ1) is 9.96.